The van der Waals surface area contributed by atoms with Gasteiger partial charge in [0.05, 0.1) is 4.34 Å². The van der Waals surface area contributed by atoms with E-state index >= 15 is 0 Å². The van der Waals surface area contributed by atoms with Crippen LogP contribution in [0.4, 0.5) is 18.9 Å². The van der Waals surface area contributed by atoms with Crippen LogP contribution in [0.15, 0.2) is 30.3 Å². The summed E-state index contributed by atoms with van der Waals surface area (Å²) < 4.78 is 42.0. The van der Waals surface area contributed by atoms with Crippen LogP contribution in [0.25, 0.3) is 0 Å². The molecule has 0 fully saturated rings. The van der Waals surface area contributed by atoms with Gasteiger partial charge in [0.1, 0.15) is 0 Å². The maximum atomic E-state index is 13.4. The van der Waals surface area contributed by atoms with Crippen molar-refractivity contribution < 1.29 is 17.9 Å². The third kappa shape index (κ3) is 4.04. The van der Waals surface area contributed by atoms with E-state index in [1.54, 1.807) is 6.07 Å². The van der Waals surface area contributed by atoms with Gasteiger partial charge in [-0.05, 0) is 24.3 Å². The molecule has 0 atom stereocenters. The monoisotopic (exact) mass is 307 g/mol. The van der Waals surface area contributed by atoms with Crippen LogP contribution in [0.3, 0.4) is 0 Å². The van der Waals surface area contributed by atoms with E-state index in [0.29, 0.717) is 16.6 Å². The van der Waals surface area contributed by atoms with Gasteiger partial charge in [-0.2, -0.15) is 8.78 Å². The molecule has 0 unspecified atom stereocenters. The first-order valence-electron chi connectivity index (χ1n) is 5.27. The van der Waals surface area contributed by atoms with Gasteiger partial charge in [0.25, 0.3) is 0 Å². The zero-order chi connectivity index (χ0) is 13.8. The van der Waals surface area contributed by atoms with Crippen molar-refractivity contribution in [3.8, 4) is 5.75 Å². The molecule has 0 saturated heterocycles. The molecule has 0 saturated carbocycles. The highest BCUT2D eigenvalue weighted by Gasteiger charge is 2.10. The number of ether oxygens (including phenoxy) is 1. The molecule has 1 N–H and O–H groups in total. The van der Waals surface area contributed by atoms with Gasteiger partial charge in [-0.15, -0.1) is 11.3 Å². The molecule has 0 aliphatic carbocycles. The molecule has 19 heavy (non-hydrogen) atoms. The van der Waals surface area contributed by atoms with Gasteiger partial charge in [-0.25, -0.2) is 4.39 Å². The van der Waals surface area contributed by atoms with Gasteiger partial charge in [0, 0.05) is 23.2 Å². The molecule has 2 nitrogen and oxygen atoms in total. The molecule has 102 valence electrons. The van der Waals surface area contributed by atoms with Crippen LogP contribution in [0.5, 0.6) is 5.75 Å². The Kier molecular flexibility index (Phi) is 4.55. The van der Waals surface area contributed by atoms with Gasteiger partial charge in [0.15, 0.2) is 11.6 Å². The standard InChI is InChI=1S/C12H9ClF3NOS/c13-11-4-2-8(19-11)6-17-7-1-3-10(9(14)5-7)18-12(15)16/h1-5,12,17H,6H2. The smallest absolute Gasteiger partial charge is 0.387 e. The fraction of sp³-hybridized carbons (Fsp3) is 0.167. The van der Waals surface area contributed by atoms with E-state index in [4.69, 9.17) is 11.6 Å². The topological polar surface area (TPSA) is 21.3 Å². The number of benzene rings is 1. The van der Waals surface area contributed by atoms with E-state index in [1.807, 2.05) is 6.07 Å². The molecule has 1 heterocycles. The number of halogens is 4. The fourth-order valence-corrected chi connectivity index (χ4v) is 2.47. The van der Waals surface area contributed by atoms with Gasteiger partial charge in [-0.3, -0.25) is 0 Å². The lowest BCUT2D eigenvalue weighted by Crippen LogP contribution is -2.04. The number of anilines is 1. The third-order valence-electron chi connectivity index (χ3n) is 2.24. The molecule has 0 radical (unpaired) electrons. The SMILES string of the molecule is Fc1cc(NCc2ccc(Cl)s2)ccc1OC(F)F. The fourth-order valence-electron chi connectivity index (χ4n) is 1.44. The summed E-state index contributed by atoms with van der Waals surface area (Å²) in [7, 11) is 0. The second-order valence-corrected chi connectivity index (χ2v) is 5.38. The minimum absolute atomic E-state index is 0.472. The van der Waals surface area contributed by atoms with E-state index in [-0.39, 0.29) is 0 Å². The second kappa shape index (κ2) is 6.16. The quantitative estimate of drug-likeness (QED) is 0.860. The number of nitrogens with one attached hydrogen (secondary N) is 1. The average molecular weight is 308 g/mol. The third-order valence-corrected chi connectivity index (χ3v) is 3.47. The number of alkyl halides is 2. The highest BCUT2D eigenvalue weighted by Crippen LogP contribution is 2.25. The van der Waals surface area contributed by atoms with Crippen LogP contribution in [-0.4, -0.2) is 6.61 Å². The molecule has 1 aromatic heterocycles. The highest BCUT2D eigenvalue weighted by atomic mass is 35.5. The Morgan fingerprint density at radius 2 is 2.05 bits per heavy atom. The van der Waals surface area contributed by atoms with Crippen LogP contribution >= 0.6 is 22.9 Å². The Balaban J connectivity index is 1.99. The van der Waals surface area contributed by atoms with E-state index < -0.39 is 18.2 Å². The zero-order valence-corrected chi connectivity index (χ0v) is 11.1. The first-order chi connectivity index (χ1) is 9.04. The highest BCUT2D eigenvalue weighted by molar-refractivity contribution is 7.16. The second-order valence-electron chi connectivity index (χ2n) is 3.58. The maximum absolute atomic E-state index is 13.4. The van der Waals surface area contributed by atoms with Crippen LogP contribution < -0.4 is 10.1 Å². The minimum Gasteiger partial charge on any atom is -0.432 e. The van der Waals surface area contributed by atoms with Crippen molar-refractivity contribution in [1.29, 1.82) is 0 Å². The van der Waals surface area contributed by atoms with E-state index in [1.165, 1.54) is 17.4 Å². The van der Waals surface area contributed by atoms with Crippen molar-refractivity contribution in [3.05, 3.63) is 45.4 Å². The lowest BCUT2D eigenvalue weighted by molar-refractivity contribution is -0.0521. The lowest BCUT2D eigenvalue weighted by Gasteiger charge is -2.08. The predicted molar refractivity (Wildman–Crippen MR) is 69.7 cm³/mol. The Labute approximate surface area is 116 Å². The van der Waals surface area contributed by atoms with Gasteiger partial charge in [0.2, 0.25) is 0 Å². The predicted octanol–water partition coefficient (Wildman–Crippen LogP) is 4.75. The van der Waals surface area contributed by atoms with Crippen molar-refractivity contribution in [2.75, 3.05) is 5.32 Å². The molecule has 0 aliphatic heterocycles. The Hall–Kier alpha value is -1.40. The number of thiophene rings is 1. The van der Waals surface area contributed by atoms with Crippen molar-refractivity contribution in [2.24, 2.45) is 0 Å². The molecule has 0 bridgehead atoms. The number of hydrogen-bond donors (Lipinski definition) is 1. The van der Waals surface area contributed by atoms with Crippen LogP contribution in [0.2, 0.25) is 4.34 Å². The number of rotatable bonds is 5. The summed E-state index contributed by atoms with van der Waals surface area (Å²) in [6, 6.07) is 7.35. The molecule has 0 aliphatic rings. The first kappa shape index (κ1) is 14.0. The molecule has 0 spiro atoms. The largest absolute Gasteiger partial charge is 0.432 e. The molecule has 0 amide bonds. The molecule has 2 rings (SSSR count). The van der Waals surface area contributed by atoms with Gasteiger partial charge < -0.3 is 10.1 Å². The molecular weight excluding hydrogens is 299 g/mol. The lowest BCUT2D eigenvalue weighted by atomic mass is 10.3. The van der Waals surface area contributed by atoms with Crippen LogP contribution in [0.1, 0.15) is 4.88 Å². The summed E-state index contributed by atoms with van der Waals surface area (Å²) in [5, 5.41) is 2.96. The first-order valence-corrected chi connectivity index (χ1v) is 6.46. The number of hydrogen-bond acceptors (Lipinski definition) is 3. The zero-order valence-electron chi connectivity index (χ0n) is 9.50. The Morgan fingerprint density at radius 3 is 2.63 bits per heavy atom. The average Bonchev–Trinajstić information content (AvgIpc) is 2.75. The normalized spacial score (nSPS) is 10.8. The summed E-state index contributed by atoms with van der Waals surface area (Å²) in [5.74, 6) is -1.31. The maximum Gasteiger partial charge on any atom is 0.387 e. The minimum atomic E-state index is -3.04. The van der Waals surface area contributed by atoms with Crippen LogP contribution in [-0.2, 0) is 6.54 Å². The molecule has 2 aromatic rings. The van der Waals surface area contributed by atoms with Crippen molar-refractivity contribution in [3.63, 3.8) is 0 Å². The summed E-state index contributed by atoms with van der Waals surface area (Å²) in [5.41, 5.74) is 0.476. The van der Waals surface area contributed by atoms with E-state index in [9.17, 15) is 13.2 Å². The van der Waals surface area contributed by atoms with Crippen LogP contribution in [0, 0.1) is 5.82 Å². The molecule has 1 aromatic carbocycles. The summed E-state index contributed by atoms with van der Waals surface area (Å²) >= 11 is 7.19. The molecular formula is C12H9ClF3NOS. The van der Waals surface area contributed by atoms with Gasteiger partial charge >= 0.3 is 6.61 Å². The Morgan fingerprint density at radius 1 is 1.26 bits per heavy atom. The van der Waals surface area contributed by atoms with Crippen molar-refractivity contribution >= 4 is 28.6 Å². The summed E-state index contributed by atoms with van der Waals surface area (Å²) in [6.07, 6.45) is 0. The summed E-state index contributed by atoms with van der Waals surface area (Å²) in [6.45, 7) is -2.56. The van der Waals surface area contributed by atoms with Gasteiger partial charge in [-0.1, -0.05) is 11.6 Å². The summed E-state index contributed by atoms with van der Waals surface area (Å²) in [4.78, 5) is 0.985. The van der Waals surface area contributed by atoms with Crippen molar-refractivity contribution in [2.45, 2.75) is 13.2 Å². The Bertz CT molecular complexity index is 562. The van der Waals surface area contributed by atoms with Crippen molar-refractivity contribution in [1.82, 2.24) is 0 Å². The van der Waals surface area contributed by atoms with E-state index in [0.717, 1.165) is 17.0 Å². The molecule has 7 heteroatoms. The van der Waals surface area contributed by atoms with E-state index in [2.05, 4.69) is 10.1 Å².